The average molecular weight is 288 g/mol. The van der Waals surface area contributed by atoms with Gasteiger partial charge >= 0.3 is 0 Å². The van der Waals surface area contributed by atoms with E-state index in [0.717, 1.165) is 6.07 Å². The summed E-state index contributed by atoms with van der Waals surface area (Å²) in [6.07, 6.45) is 0. The van der Waals surface area contributed by atoms with Crippen molar-refractivity contribution in [3.8, 4) is 0 Å². The summed E-state index contributed by atoms with van der Waals surface area (Å²) in [7, 11) is 0. The van der Waals surface area contributed by atoms with E-state index < -0.39 is 11.6 Å². The van der Waals surface area contributed by atoms with E-state index >= 15 is 0 Å². The standard InChI is InChI=1S/C13H9Cl2F2N/c14-11-4-3-10(6-12(11)15)18-7-8-1-2-9(16)5-13(8)17/h1-6,18H,7H2. The first-order valence-electron chi connectivity index (χ1n) is 5.19. The summed E-state index contributed by atoms with van der Waals surface area (Å²) in [5.74, 6) is -1.17. The van der Waals surface area contributed by atoms with Crippen LogP contribution >= 0.6 is 23.2 Å². The number of rotatable bonds is 3. The van der Waals surface area contributed by atoms with Crippen LogP contribution in [0.4, 0.5) is 14.5 Å². The molecule has 2 aromatic rings. The quantitative estimate of drug-likeness (QED) is 0.848. The summed E-state index contributed by atoms with van der Waals surface area (Å²) in [5.41, 5.74) is 1.09. The van der Waals surface area contributed by atoms with Gasteiger partial charge in [0.25, 0.3) is 0 Å². The summed E-state index contributed by atoms with van der Waals surface area (Å²) < 4.78 is 26.1. The van der Waals surface area contributed by atoms with Gasteiger partial charge in [0.2, 0.25) is 0 Å². The molecule has 0 spiro atoms. The molecule has 0 aromatic heterocycles. The Hall–Kier alpha value is -1.32. The molecular weight excluding hydrogens is 279 g/mol. The Bertz CT molecular complexity index is 573. The van der Waals surface area contributed by atoms with Crippen LogP contribution in [-0.4, -0.2) is 0 Å². The summed E-state index contributed by atoms with van der Waals surface area (Å²) in [6, 6.07) is 8.49. The Morgan fingerprint density at radius 1 is 0.944 bits per heavy atom. The van der Waals surface area contributed by atoms with Gasteiger partial charge in [-0.25, -0.2) is 8.78 Å². The number of nitrogens with one attached hydrogen (secondary N) is 1. The summed E-state index contributed by atoms with van der Waals surface area (Å²) in [5, 5.41) is 3.86. The molecule has 0 aliphatic heterocycles. The number of hydrogen-bond donors (Lipinski definition) is 1. The third-order valence-electron chi connectivity index (χ3n) is 2.42. The lowest BCUT2D eigenvalue weighted by atomic mass is 10.2. The molecule has 0 saturated heterocycles. The average Bonchev–Trinajstić information content (AvgIpc) is 2.32. The molecule has 0 amide bonds. The second kappa shape index (κ2) is 5.55. The molecule has 2 aromatic carbocycles. The number of halogens is 4. The second-order valence-electron chi connectivity index (χ2n) is 3.72. The normalized spacial score (nSPS) is 10.4. The van der Waals surface area contributed by atoms with Gasteiger partial charge in [0, 0.05) is 23.9 Å². The Balaban J connectivity index is 2.09. The van der Waals surface area contributed by atoms with Crippen LogP contribution in [0.5, 0.6) is 0 Å². The van der Waals surface area contributed by atoms with Gasteiger partial charge in [-0.2, -0.15) is 0 Å². The van der Waals surface area contributed by atoms with Crippen molar-refractivity contribution in [2.75, 3.05) is 5.32 Å². The van der Waals surface area contributed by atoms with Crippen molar-refractivity contribution in [2.24, 2.45) is 0 Å². The maximum Gasteiger partial charge on any atom is 0.131 e. The molecule has 1 nitrogen and oxygen atoms in total. The van der Waals surface area contributed by atoms with Crippen LogP contribution in [0.1, 0.15) is 5.56 Å². The first kappa shape index (κ1) is 13.1. The fourth-order valence-corrected chi connectivity index (χ4v) is 1.77. The fraction of sp³-hybridized carbons (Fsp3) is 0.0769. The summed E-state index contributed by atoms with van der Waals surface area (Å²) >= 11 is 11.6. The molecule has 0 atom stereocenters. The lowest BCUT2D eigenvalue weighted by Crippen LogP contribution is -2.02. The Morgan fingerprint density at radius 3 is 2.39 bits per heavy atom. The maximum absolute atomic E-state index is 13.4. The minimum absolute atomic E-state index is 0.240. The predicted molar refractivity (Wildman–Crippen MR) is 70.1 cm³/mol. The van der Waals surface area contributed by atoms with Gasteiger partial charge in [-0.05, 0) is 24.3 Å². The largest absolute Gasteiger partial charge is 0.381 e. The van der Waals surface area contributed by atoms with Crippen LogP contribution < -0.4 is 5.32 Å². The zero-order chi connectivity index (χ0) is 13.1. The lowest BCUT2D eigenvalue weighted by Gasteiger charge is -2.08. The van der Waals surface area contributed by atoms with Crippen molar-refractivity contribution in [3.63, 3.8) is 0 Å². The molecule has 18 heavy (non-hydrogen) atoms. The Morgan fingerprint density at radius 2 is 1.72 bits per heavy atom. The molecule has 0 heterocycles. The first-order valence-corrected chi connectivity index (χ1v) is 5.95. The van der Waals surface area contributed by atoms with Crippen LogP contribution in [0.15, 0.2) is 36.4 Å². The molecule has 0 aliphatic rings. The van der Waals surface area contributed by atoms with Crippen LogP contribution in [0.25, 0.3) is 0 Å². The Labute approximate surface area is 113 Å². The molecule has 2 rings (SSSR count). The molecule has 0 saturated carbocycles. The molecule has 94 valence electrons. The van der Waals surface area contributed by atoms with Crippen molar-refractivity contribution in [2.45, 2.75) is 6.54 Å². The third kappa shape index (κ3) is 3.12. The Kier molecular flexibility index (Phi) is 4.04. The third-order valence-corrected chi connectivity index (χ3v) is 3.16. The van der Waals surface area contributed by atoms with Gasteiger partial charge in [-0.15, -0.1) is 0 Å². The van der Waals surface area contributed by atoms with Crippen molar-refractivity contribution >= 4 is 28.9 Å². The molecule has 0 aliphatic carbocycles. The number of benzene rings is 2. The maximum atomic E-state index is 13.4. The zero-order valence-electron chi connectivity index (χ0n) is 9.18. The topological polar surface area (TPSA) is 12.0 Å². The van der Waals surface area contributed by atoms with E-state index in [2.05, 4.69) is 5.32 Å². The molecule has 0 radical (unpaired) electrons. The highest BCUT2D eigenvalue weighted by atomic mass is 35.5. The monoisotopic (exact) mass is 287 g/mol. The van der Waals surface area contributed by atoms with Crippen LogP contribution in [0.3, 0.4) is 0 Å². The van der Waals surface area contributed by atoms with Crippen molar-refractivity contribution in [1.29, 1.82) is 0 Å². The van der Waals surface area contributed by atoms with Gasteiger partial charge in [0.1, 0.15) is 11.6 Å². The second-order valence-corrected chi connectivity index (χ2v) is 4.53. The molecule has 0 fully saturated rings. The SMILES string of the molecule is Fc1ccc(CNc2ccc(Cl)c(Cl)c2)c(F)c1. The van der Waals surface area contributed by atoms with E-state index in [-0.39, 0.29) is 6.54 Å². The van der Waals surface area contributed by atoms with Crippen LogP contribution in [0.2, 0.25) is 10.0 Å². The van der Waals surface area contributed by atoms with E-state index in [9.17, 15) is 8.78 Å². The van der Waals surface area contributed by atoms with E-state index in [1.165, 1.54) is 12.1 Å². The summed E-state index contributed by atoms with van der Waals surface area (Å²) in [4.78, 5) is 0. The van der Waals surface area contributed by atoms with Crippen molar-refractivity contribution < 1.29 is 8.78 Å². The highest BCUT2D eigenvalue weighted by Crippen LogP contribution is 2.25. The first-order chi connectivity index (χ1) is 8.56. The van der Waals surface area contributed by atoms with Gasteiger partial charge < -0.3 is 5.32 Å². The predicted octanol–water partition coefficient (Wildman–Crippen LogP) is 4.88. The minimum Gasteiger partial charge on any atom is -0.381 e. The highest BCUT2D eigenvalue weighted by molar-refractivity contribution is 6.42. The molecule has 0 unspecified atom stereocenters. The number of anilines is 1. The molecule has 5 heteroatoms. The van der Waals surface area contributed by atoms with E-state index in [1.54, 1.807) is 18.2 Å². The van der Waals surface area contributed by atoms with Crippen molar-refractivity contribution in [1.82, 2.24) is 0 Å². The molecule has 0 bridgehead atoms. The van der Waals surface area contributed by atoms with Gasteiger partial charge in [0.15, 0.2) is 0 Å². The summed E-state index contributed by atoms with van der Waals surface area (Å²) in [6.45, 7) is 0.240. The van der Waals surface area contributed by atoms with Crippen LogP contribution in [0, 0.1) is 11.6 Å². The van der Waals surface area contributed by atoms with Gasteiger partial charge in [-0.3, -0.25) is 0 Å². The van der Waals surface area contributed by atoms with E-state index in [4.69, 9.17) is 23.2 Å². The molecular formula is C13H9Cl2F2N. The van der Waals surface area contributed by atoms with Crippen LogP contribution in [-0.2, 0) is 6.54 Å². The fourth-order valence-electron chi connectivity index (χ4n) is 1.47. The van der Waals surface area contributed by atoms with E-state index in [0.29, 0.717) is 21.3 Å². The number of hydrogen-bond acceptors (Lipinski definition) is 1. The zero-order valence-corrected chi connectivity index (χ0v) is 10.7. The minimum atomic E-state index is -0.592. The highest BCUT2D eigenvalue weighted by Gasteiger charge is 2.04. The van der Waals surface area contributed by atoms with Gasteiger partial charge in [-0.1, -0.05) is 29.3 Å². The van der Waals surface area contributed by atoms with Crippen molar-refractivity contribution in [3.05, 3.63) is 63.6 Å². The molecule has 1 N–H and O–H groups in total. The van der Waals surface area contributed by atoms with Gasteiger partial charge in [0.05, 0.1) is 10.0 Å². The smallest absolute Gasteiger partial charge is 0.131 e. The van der Waals surface area contributed by atoms with E-state index in [1.807, 2.05) is 0 Å². The lowest BCUT2D eigenvalue weighted by molar-refractivity contribution is 0.574.